The van der Waals surface area contributed by atoms with Crippen molar-refractivity contribution in [3.05, 3.63) is 98.9 Å². The van der Waals surface area contributed by atoms with Gasteiger partial charge in [0.15, 0.2) is 0 Å². The minimum Gasteiger partial charge on any atom is -0.478 e. The first-order chi connectivity index (χ1) is 16.4. The Balaban J connectivity index is 1.41. The summed E-state index contributed by atoms with van der Waals surface area (Å²) >= 11 is 7.13. The molecule has 0 fully saturated rings. The lowest BCUT2D eigenvalue weighted by Crippen LogP contribution is -2.35. The van der Waals surface area contributed by atoms with Crippen LogP contribution in [0.25, 0.3) is 10.8 Å². The molecule has 2 amide bonds. The van der Waals surface area contributed by atoms with E-state index >= 15 is 0 Å². The Hall–Kier alpha value is -3.68. The van der Waals surface area contributed by atoms with Crippen molar-refractivity contribution in [3.63, 3.8) is 0 Å². The Labute approximate surface area is 204 Å². The quantitative estimate of drug-likeness (QED) is 0.384. The predicted octanol–water partition coefficient (Wildman–Crippen LogP) is 5.70. The van der Waals surface area contributed by atoms with Gasteiger partial charge < -0.3 is 15.3 Å². The van der Waals surface area contributed by atoms with Gasteiger partial charge in [0.1, 0.15) is 5.00 Å². The van der Waals surface area contributed by atoms with Crippen LogP contribution in [0.4, 0.5) is 5.00 Å². The zero-order valence-electron chi connectivity index (χ0n) is 17.9. The molecule has 2 N–H and O–H groups in total. The van der Waals surface area contributed by atoms with Crippen molar-refractivity contribution < 1.29 is 19.5 Å². The normalized spacial score (nSPS) is 12.9. The first-order valence-electron chi connectivity index (χ1n) is 10.6. The van der Waals surface area contributed by atoms with Crippen LogP contribution < -0.4 is 5.32 Å². The maximum Gasteiger partial charge on any atom is 0.339 e. The molecule has 8 heteroatoms. The number of benzene rings is 3. The second kappa shape index (κ2) is 8.93. The minimum absolute atomic E-state index is 0.104. The summed E-state index contributed by atoms with van der Waals surface area (Å²) < 4.78 is 0. The zero-order chi connectivity index (χ0) is 23.8. The van der Waals surface area contributed by atoms with Crippen molar-refractivity contribution >= 4 is 56.5 Å². The Morgan fingerprint density at radius 1 is 0.941 bits per heavy atom. The Morgan fingerprint density at radius 2 is 1.65 bits per heavy atom. The number of carboxylic acids is 1. The highest BCUT2D eigenvalue weighted by Gasteiger charge is 2.30. The number of anilines is 1. The molecule has 0 spiro atoms. The molecule has 0 radical (unpaired) electrons. The van der Waals surface area contributed by atoms with Crippen LogP contribution in [0.2, 0.25) is 5.02 Å². The molecule has 0 aliphatic carbocycles. The van der Waals surface area contributed by atoms with Gasteiger partial charge in [0, 0.05) is 27.6 Å². The molecule has 1 aliphatic heterocycles. The van der Waals surface area contributed by atoms with Crippen LogP contribution in [-0.2, 0) is 13.0 Å². The molecule has 34 heavy (non-hydrogen) atoms. The summed E-state index contributed by atoms with van der Waals surface area (Å²) in [5, 5.41) is 15.4. The summed E-state index contributed by atoms with van der Waals surface area (Å²) in [7, 11) is 0. The molecule has 170 valence electrons. The smallest absolute Gasteiger partial charge is 0.339 e. The number of amides is 2. The summed E-state index contributed by atoms with van der Waals surface area (Å²) in [4.78, 5) is 40.4. The SMILES string of the molecule is O=C(Nc1sc2c(c1C(=O)O)CCN(C(=O)c1ccc(Cl)cc1)C2)c1ccc2ccccc2c1. The number of carbonyl (C=O) groups is 3. The summed E-state index contributed by atoms with van der Waals surface area (Å²) in [5.74, 6) is -1.61. The maximum absolute atomic E-state index is 13.0. The second-order valence-corrected chi connectivity index (χ2v) is 9.55. The molecule has 0 saturated carbocycles. The van der Waals surface area contributed by atoms with Crippen LogP contribution in [0, 0.1) is 0 Å². The molecule has 3 aromatic carbocycles. The lowest BCUT2D eigenvalue weighted by atomic mass is 10.0. The summed E-state index contributed by atoms with van der Waals surface area (Å²) in [5.41, 5.74) is 1.74. The number of hydrogen-bond acceptors (Lipinski definition) is 4. The molecule has 5 rings (SSSR count). The predicted molar refractivity (Wildman–Crippen MR) is 133 cm³/mol. The van der Waals surface area contributed by atoms with E-state index in [1.807, 2.05) is 30.3 Å². The number of nitrogens with one attached hydrogen (secondary N) is 1. The summed E-state index contributed by atoms with van der Waals surface area (Å²) in [6, 6.07) is 19.8. The summed E-state index contributed by atoms with van der Waals surface area (Å²) in [6.07, 6.45) is 0.401. The second-order valence-electron chi connectivity index (χ2n) is 8.01. The molecule has 0 unspecified atom stereocenters. The molecule has 0 bridgehead atoms. The molecule has 6 nitrogen and oxygen atoms in total. The number of halogens is 1. The van der Waals surface area contributed by atoms with Crippen LogP contribution in [0.1, 0.15) is 41.5 Å². The number of thiophene rings is 1. The molecule has 0 saturated heterocycles. The van der Waals surface area contributed by atoms with Gasteiger partial charge in [-0.2, -0.15) is 0 Å². The maximum atomic E-state index is 13.0. The highest BCUT2D eigenvalue weighted by atomic mass is 35.5. The average Bonchev–Trinajstić information content (AvgIpc) is 3.21. The van der Waals surface area contributed by atoms with Gasteiger partial charge in [-0.05, 0) is 59.2 Å². The number of fused-ring (bicyclic) bond motifs is 2. The molecule has 4 aromatic rings. The van der Waals surface area contributed by atoms with Gasteiger partial charge in [0.2, 0.25) is 0 Å². The lowest BCUT2D eigenvalue weighted by Gasteiger charge is -2.27. The van der Waals surface area contributed by atoms with Crippen molar-refractivity contribution in [1.29, 1.82) is 0 Å². The van der Waals surface area contributed by atoms with Crippen LogP contribution in [0.15, 0.2) is 66.7 Å². The van der Waals surface area contributed by atoms with E-state index in [0.717, 1.165) is 15.6 Å². The van der Waals surface area contributed by atoms with E-state index in [2.05, 4.69) is 5.32 Å². The van der Waals surface area contributed by atoms with Gasteiger partial charge in [0.25, 0.3) is 11.8 Å². The van der Waals surface area contributed by atoms with Crippen molar-refractivity contribution in [2.75, 3.05) is 11.9 Å². The first kappa shape index (κ1) is 22.1. The van der Waals surface area contributed by atoms with Crippen LogP contribution in [0.5, 0.6) is 0 Å². The van der Waals surface area contributed by atoms with Gasteiger partial charge in [0.05, 0.1) is 12.1 Å². The lowest BCUT2D eigenvalue weighted by molar-refractivity contribution is 0.0696. The molecule has 1 aromatic heterocycles. The Morgan fingerprint density at radius 3 is 2.38 bits per heavy atom. The van der Waals surface area contributed by atoms with Crippen LogP contribution >= 0.6 is 22.9 Å². The Kier molecular flexibility index (Phi) is 5.81. The van der Waals surface area contributed by atoms with Crippen molar-refractivity contribution in [1.82, 2.24) is 4.90 Å². The third kappa shape index (κ3) is 4.16. The molecule has 2 heterocycles. The van der Waals surface area contributed by atoms with Crippen molar-refractivity contribution in [2.24, 2.45) is 0 Å². The average molecular weight is 491 g/mol. The fraction of sp³-hybridized carbons (Fsp3) is 0.115. The third-order valence-electron chi connectivity index (χ3n) is 5.89. The number of rotatable bonds is 4. The van der Waals surface area contributed by atoms with Crippen LogP contribution in [-0.4, -0.2) is 34.3 Å². The van der Waals surface area contributed by atoms with Crippen molar-refractivity contribution in [2.45, 2.75) is 13.0 Å². The standard InChI is InChI=1S/C26H19ClN2O4S/c27-19-9-7-16(8-10-19)25(31)29-12-11-20-21(14-29)34-24(22(20)26(32)33)28-23(30)18-6-5-15-3-1-2-4-17(15)13-18/h1-10,13H,11-12,14H2,(H,28,30)(H,32,33). The van der Waals surface area contributed by atoms with Gasteiger partial charge in [-0.3, -0.25) is 9.59 Å². The first-order valence-corrected chi connectivity index (χ1v) is 11.8. The van der Waals surface area contributed by atoms with E-state index in [1.165, 1.54) is 11.3 Å². The molecular formula is C26H19ClN2O4S. The topological polar surface area (TPSA) is 86.7 Å². The fourth-order valence-corrected chi connectivity index (χ4v) is 5.55. The van der Waals surface area contributed by atoms with Gasteiger partial charge in [-0.1, -0.05) is 41.9 Å². The fourth-order valence-electron chi connectivity index (χ4n) is 4.17. The number of carboxylic acid groups (broad SMARTS) is 1. The molecular weight excluding hydrogens is 472 g/mol. The van der Waals surface area contributed by atoms with E-state index in [9.17, 15) is 19.5 Å². The largest absolute Gasteiger partial charge is 0.478 e. The highest BCUT2D eigenvalue weighted by Crippen LogP contribution is 2.38. The van der Waals surface area contributed by atoms with E-state index in [4.69, 9.17) is 11.6 Å². The molecule has 0 atom stereocenters. The number of aromatic carboxylic acids is 1. The van der Waals surface area contributed by atoms with Crippen LogP contribution in [0.3, 0.4) is 0 Å². The van der Waals surface area contributed by atoms with E-state index in [1.54, 1.807) is 41.3 Å². The highest BCUT2D eigenvalue weighted by molar-refractivity contribution is 7.17. The monoisotopic (exact) mass is 490 g/mol. The minimum atomic E-state index is -1.09. The Bertz CT molecular complexity index is 1450. The zero-order valence-corrected chi connectivity index (χ0v) is 19.4. The third-order valence-corrected chi connectivity index (χ3v) is 7.27. The van der Waals surface area contributed by atoms with Gasteiger partial charge >= 0.3 is 5.97 Å². The van der Waals surface area contributed by atoms with Gasteiger partial charge in [-0.25, -0.2) is 4.79 Å². The number of nitrogens with zero attached hydrogens (tertiary/aromatic N) is 1. The van der Waals surface area contributed by atoms with E-state index in [-0.39, 0.29) is 28.9 Å². The summed E-state index contributed by atoms with van der Waals surface area (Å²) in [6.45, 7) is 0.678. The number of carbonyl (C=O) groups excluding carboxylic acids is 2. The molecule has 1 aliphatic rings. The van der Waals surface area contributed by atoms with Crippen molar-refractivity contribution in [3.8, 4) is 0 Å². The van der Waals surface area contributed by atoms with Gasteiger partial charge in [-0.15, -0.1) is 11.3 Å². The number of hydrogen-bond donors (Lipinski definition) is 2. The van der Waals surface area contributed by atoms with E-state index in [0.29, 0.717) is 34.7 Å². The van der Waals surface area contributed by atoms with E-state index < -0.39 is 5.97 Å².